The topological polar surface area (TPSA) is 76.2 Å². The van der Waals surface area contributed by atoms with E-state index in [2.05, 4.69) is 15.0 Å². The highest BCUT2D eigenvalue weighted by molar-refractivity contribution is 6.05. The summed E-state index contributed by atoms with van der Waals surface area (Å²) >= 11 is 0. The number of hydrogen-bond donors (Lipinski definition) is 0. The number of nitrogens with zero attached hydrogens (tertiary/aromatic N) is 4. The summed E-state index contributed by atoms with van der Waals surface area (Å²) in [5.41, 5.74) is 1.70. The highest BCUT2D eigenvalue weighted by Gasteiger charge is 2.14. The molecule has 0 N–H and O–H groups in total. The first-order valence-electron chi connectivity index (χ1n) is 7.86. The van der Waals surface area contributed by atoms with E-state index >= 15 is 0 Å². The molecule has 1 aromatic carbocycles. The number of aliphatic imine (C=N–C) groups is 2. The van der Waals surface area contributed by atoms with Crippen LogP contribution in [0.5, 0.6) is 0 Å². The molecule has 0 atom stereocenters. The van der Waals surface area contributed by atoms with Crippen LogP contribution >= 0.6 is 0 Å². The molecule has 0 spiro atoms. The molecule has 4 rings (SSSR count). The Balaban J connectivity index is 2.03. The lowest BCUT2D eigenvalue weighted by Gasteiger charge is -2.08. The summed E-state index contributed by atoms with van der Waals surface area (Å²) in [6, 6.07) is 8.60. The first-order chi connectivity index (χ1) is 12.1. The van der Waals surface area contributed by atoms with Crippen LogP contribution in [0.15, 0.2) is 63.5 Å². The van der Waals surface area contributed by atoms with Crippen molar-refractivity contribution in [3.63, 3.8) is 0 Å². The van der Waals surface area contributed by atoms with Crippen LogP contribution in [0.1, 0.15) is 23.7 Å². The van der Waals surface area contributed by atoms with Crippen molar-refractivity contribution in [2.24, 2.45) is 9.98 Å². The number of benzene rings is 1. The summed E-state index contributed by atoms with van der Waals surface area (Å²) < 4.78 is 1.48. The van der Waals surface area contributed by atoms with E-state index in [9.17, 15) is 9.59 Å². The number of fused-ring (bicyclic) bond motifs is 2. The van der Waals surface area contributed by atoms with Crippen molar-refractivity contribution in [2.75, 3.05) is 0 Å². The van der Waals surface area contributed by atoms with Crippen molar-refractivity contribution < 1.29 is 4.79 Å². The van der Waals surface area contributed by atoms with E-state index in [-0.39, 0.29) is 11.3 Å². The van der Waals surface area contributed by atoms with Gasteiger partial charge in [-0.25, -0.2) is 15.0 Å². The molecule has 1 aliphatic rings. The summed E-state index contributed by atoms with van der Waals surface area (Å²) in [4.78, 5) is 38.0. The van der Waals surface area contributed by atoms with Crippen LogP contribution in [0, 0.1) is 0 Å². The zero-order chi connectivity index (χ0) is 17.4. The lowest BCUT2D eigenvalue weighted by molar-refractivity contribution is 0.101. The molecule has 0 saturated heterocycles. The van der Waals surface area contributed by atoms with Gasteiger partial charge in [-0.1, -0.05) is 12.1 Å². The van der Waals surface area contributed by atoms with Crippen LogP contribution < -0.4 is 5.56 Å². The Morgan fingerprint density at radius 1 is 1.28 bits per heavy atom. The molecule has 0 fully saturated rings. The zero-order valence-electron chi connectivity index (χ0n) is 13.5. The molecule has 0 radical (unpaired) electrons. The predicted molar refractivity (Wildman–Crippen MR) is 98.3 cm³/mol. The van der Waals surface area contributed by atoms with Gasteiger partial charge in [-0.05, 0) is 37.3 Å². The zero-order valence-corrected chi connectivity index (χ0v) is 13.5. The first kappa shape index (κ1) is 15.1. The van der Waals surface area contributed by atoms with Gasteiger partial charge in [0.15, 0.2) is 5.78 Å². The summed E-state index contributed by atoms with van der Waals surface area (Å²) in [5.74, 6) is 0.463. The van der Waals surface area contributed by atoms with E-state index in [0.29, 0.717) is 40.1 Å². The number of ketones is 1. The Hall–Kier alpha value is -3.41. The summed E-state index contributed by atoms with van der Waals surface area (Å²) in [7, 11) is 0. The normalized spacial score (nSPS) is 15.3. The van der Waals surface area contributed by atoms with Gasteiger partial charge in [0, 0.05) is 24.4 Å². The second kappa shape index (κ2) is 5.90. The molecule has 1 aliphatic heterocycles. The number of aromatic nitrogens is 2. The predicted octanol–water partition coefficient (Wildman–Crippen LogP) is 3.11. The smallest absolute Gasteiger partial charge is 0.265 e. The maximum absolute atomic E-state index is 12.8. The molecule has 6 heteroatoms. The van der Waals surface area contributed by atoms with E-state index < -0.39 is 0 Å². The molecule has 0 saturated carbocycles. The lowest BCUT2D eigenvalue weighted by Crippen LogP contribution is -2.15. The van der Waals surface area contributed by atoms with Crippen molar-refractivity contribution in [2.45, 2.75) is 13.3 Å². The van der Waals surface area contributed by atoms with Crippen molar-refractivity contribution >= 4 is 40.1 Å². The molecular weight excluding hydrogens is 316 g/mol. The molecule has 3 aromatic rings. The van der Waals surface area contributed by atoms with E-state index in [4.69, 9.17) is 0 Å². The van der Waals surface area contributed by atoms with Gasteiger partial charge in [0.05, 0.1) is 16.6 Å². The molecule has 0 aliphatic carbocycles. The number of hydrogen-bond acceptors (Lipinski definition) is 4. The number of carbonyl (C=O) groups excluding carboxylic acids is 1. The van der Waals surface area contributed by atoms with E-state index in [0.717, 1.165) is 0 Å². The van der Waals surface area contributed by atoms with Crippen LogP contribution in [0.4, 0.5) is 5.69 Å². The number of dihydropyridines is 1. The first-order valence-corrected chi connectivity index (χ1v) is 7.86. The van der Waals surface area contributed by atoms with E-state index in [1.807, 2.05) is 18.2 Å². The lowest BCUT2D eigenvalue weighted by atomic mass is 10.1. The molecular formula is C19H14N4O2. The number of carbonyl (C=O) groups is 1. The summed E-state index contributed by atoms with van der Waals surface area (Å²) in [6.45, 7) is 1.47. The largest absolute Gasteiger partial charge is 0.294 e. The standard InChI is InChI=1S/C19H14N4O2/c1-12(24)13-10-16-14(11-15(13)21-17-6-2-4-8-20-17)19(25)23-9-5-3-7-18(23)22-16/h2-5,7-11H,6H2,1H3. The maximum atomic E-state index is 12.8. The van der Waals surface area contributed by atoms with Crippen molar-refractivity contribution in [1.82, 2.24) is 9.38 Å². The minimum atomic E-state index is -0.191. The Kier molecular flexibility index (Phi) is 3.57. The van der Waals surface area contributed by atoms with Gasteiger partial charge in [-0.3, -0.25) is 14.0 Å². The van der Waals surface area contributed by atoms with Crippen LogP contribution in [0.25, 0.3) is 16.6 Å². The molecule has 0 unspecified atom stereocenters. The average molecular weight is 330 g/mol. The van der Waals surface area contributed by atoms with Gasteiger partial charge < -0.3 is 0 Å². The SMILES string of the molecule is CC(=O)c1cc2nc3ccccn3c(=O)c2cc1N=C1CC=CC=N1. The Morgan fingerprint density at radius 2 is 2.16 bits per heavy atom. The van der Waals surface area contributed by atoms with Gasteiger partial charge >= 0.3 is 0 Å². The van der Waals surface area contributed by atoms with Crippen LogP contribution in [-0.2, 0) is 0 Å². The number of amidine groups is 1. The average Bonchev–Trinajstić information content (AvgIpc) is 2.63. The van der Waals surface area contributed by atoms with Crippen LogP contribution in [-0.4, -0.2) is 27.2 Å². The molecule has 0 amide bonds. The number of pyridine rings is 1. The van der Waals surface area contributed by atoms with Gasteiger partial charge in [0.25, 0.3) is 5.56 Å². The van der Waals surface area contributed by atoms with E-state index in [1.165, 1.54) is 11.3 Å². The molecule has 0 bridgehead atoms. The second-order valence-electron chi connectivity index (χ2n) is 5.73. The van der Waals surface area contributed by atoms with Gasteiger partial charge in [-0.15, -0.1) is 0 Å². The summed E-state index contributed by atoms with van der Waals surface area (Å²) in [5, 5.41) is 0.420. The minimum absolute atomic E-state index is 0.133. The highest BCUT2D eigenvalue weighted by atomic mass is 16.1. The molecule has 25 heavy (non-hydrogen) atoms. The Labute approximate surface area is 142 Å². The monoisotopic (exact) mass is 330 g/mol. The third kappa shape index (κ3) is 2.67. The molecule has 122 valence electrons. The van der Waals surface area contributed by atoms with Gasteiger partial charge in [0.2, 0.25) is 0 Å². The quantitative estimate of drug-likeness (QED) is 0.535. The van der Waals surface area contributed by atoms with Crippen molar-refractivity contribution in [1.29, 1.82) is 0 Å². The second-order valence-corrected chi connectivity index (χ2v) is 5.73. The fraction of sp³-hybridized carbons (Fsp3) is 0.105. The molecule has 6 nitrogen and oxygen atoms in total. The number of Topliss-reactive ketones (excluding diaryl/α,β-unsaturated/α-hetero) is 1. The van der Waals surface area contributed by atoms with Crippen LogP contribution in [0.3, 0.4) is 0 Å². The molecule has 2 aromatic heterocycles. The maximum Gasteiger partial charge on any atom is 0.265 e. The highest BCUT2D eigenvalue weighted by Crippen LogP contribution is 2.26. The number of rotatable bonds is 2. The third-order valence-electron chi connectivity index (χ3n) is 4.01. The fourth-order valence-electron chi connectivity index (χ4n) is 2.79. The van der Waals surface area contributed by atoms with Gasteiger partial charge in [0.1, 0.15) is 11.5 Å². The number of allylic oxidation sites excluding steroid dienone is 1. The van der Waals surface area contributed by atoms with E-state index in [1.54, 1.807) is 36.7 Å². The Bertz CT molecular complexity index is 1170. The fourth-order valence-corrected chi connectivity index (χ4v) is 2.79. The van der Waals surface area contributed by atoms with Crippen molar-refractivity contribution in [3.8, 4) is 0 Å². The minimum Gasteiger partial charge on any atom is -0.294 e. The molecule has 3 heterocycles. The van der Waals surface area contributed by atoms with Crippen LogP contribution in [0.2, 0.25) is 0 Å². The third-order valence-corrected chi connectivity index (χ3v) is 4.01. The van der Waals surface area contributed by atoms with Gasteiger partial charge in [-0.2, -0.15) is 0 Å². The van der Waals surface area contributed by atoms with Crippen molar-refractivity contribution in [3.05, 3.63) is 64.6 Å². The summed E-state index contributed by atoms with van der Waals surface area (Å²) in [6.07, 6.45) is 7.68. The Morgan fingerprint density at radius 3 is 2.92 bits per heavy atom.